The molecule has 2 aromatic rings. The third kappa shape index (κ3) is 3.01. The van der Waals surface area contributed by atoms with Gasteiger partial charge in [-0.15, -0.1) is 11.3 Å². The molecule has 1 aromatic heterocycles. The first-order valence-corrected chi connectivity index (χ1v) is 7.12. The van der Waals surface area contributed by atoms with Crippen LogP contribution in [0.15, 0.2) is 35.7 Å². The Kier molecular flexibility index (Phi) is 4.20. The molecule has 1 atom stereocenters. The monoisotopic (exact) mass is 278 g/mol. The Morgan fingerprint density at radius 1 is 1.28 bits per heavy atom. The molecular weight excluding hydrogens is 264 g/mol. The maximum absolute atomic E-state index is 11.2. The summed E-state index contributed by atoms with van der Waals surface area (Å²) in [7, 11) is 0. The van der Waals surface area contributed by atoms with Crippen LogP contribution in [0.25, 0.3) is 0 Å². The fourth-order valence-corrected chi connectivity index (χ4v) is 3.02. The van der Waals surface area contributed by atoms with Crippen molar-refractivity contribution >= 4 is 28.2 Å². The molecule has 18 heavy (non-hydrogen) atoms. The van der Waals surface area contributed by atoms with Crippen molar-refractivity contribution < 1.29 is 4.79 Å². The van der Waals surface area contributed by atoms with Gasteiger partial charge in [-0.25, -0.2) is 0 Å². The van der Waals surface area contributed by atoms with E-state index in [2.05, 4.69) is 38.1 Å². The van der Waals surface area contributed by atoms with Gasteiger partial charge in [0.05, 0.1) is 0 Å². The Hall–Kier alpha value is -1.12. The molecule has 0 aliphatic carbocycles. The Morgan fingerprint density at radius 2 is 2.06 bits per heavy atom. The topological polar surface area (TPSA) is 17.1 Å². The second kappa shape index (κ2) is 5.68. The molecule has 3 heteroatoms. The molecule has 0 amide bonds. The lowest BCUT2D eigenvalue weighted by molar-refractivity contribution is -0.111. The summed E-state index contributed by atoms with van der Waals surface area (Å²) in [6, 6.07) is 10.4. The summed E-state index contributed by atoms with van der Waals surface area (Å²) in [4.78, 5) is 12.4. The number of rotatable bonds is 4. The van der Waals surface area contributed by atoms with Crippen molar-refractivity contribution in [3.8, 4) is 0 Å². The van der Waals surface area contributed by atoms with Crippen molar-refractivity contribution in [3.05, 3.63) is 57.3 Å². The predicted octanol–water partition coefficient (Wildman–Crippen LogP) is 4.65. The molecule has 0 saturated carbocycles. The van der Waals surface area contributed by atoms with Crippen LogP contribution in [0.1, 0.15) is 33.9 Å². The molecule has 0 N–H and O–H groups in total. The zero-order chi connectivity index (χ0) is 13.1. The molecule has 1 aromatic carbocycles. The fourth-order valence-electron chi connectivity index (χ4n) is 2.01. The molecule has 0 aliphatic heterocycles. The van der Waals surface area contributed by atoms with E-state index >= 15 is 0 Å². The predicted molar refractivity (Wildman–Crippen MR) is 77.6 cm³/mol. The second-order valence-corrected chi connectivity index (χ2v) is 5.87. The minimum absolute atomic E-state index is 0.0781. The number of carbonyl (C=O) groups excluding carboxylic acids is 1. The van der Waals surface area contributed by atoms with Gasteiger partial charge < -0.3 is 0 Å². The van der Waals surface area contributed by atoms with Crippen LogP contribution in [0.3, 0.4) is 0 Å². The molecule has 1 unspecified atom stereocenters. The summed E-state index contributed by atoms with van der Waals surface area (Å²) in [5.41, 5.74) is 3.67. The van der Waals surface area contributed by atoms with E-state index in [4.69, 9.17) is 11.6 Å². The van der Waals surface area contributed by atoms with E-state index in [1.807, 2.05) is 11.4 Å². The Bertz CT molecular complexity index is 546. The quantitative estimate of drug-likeness (QED) is 0.744. The number of thiophene rings is 1. The first kappa shape index (κ1) is 13.3. The largest absolute Gasteiger partial charge is 0.281 e. The summed E-state index contributed by atoms with van der Waals surface area (Å²) >= 11 is 7.24. The van der Waals surface area contributed by atoms with E-state index in [-0.39, 0.29) is 11.2 Å². The summed E-state index contributed by atoms with van der Waals surface area (Å²) in [6.45, 7) is 4.18. The molecule has 0 bridgehead atoms. The van der Waals surface area contributed by atoms with Crippen molar-refractivity contribution in [2.45, 2.75) is 26.2 Å². The number of hydrogen-bond donors (Lipinski definition) is 0. The van der Waals surface area contributed by atoms with Crippen LogP contribution < -0.4 is 0 Å². The van der Waals surface area contributed by atoms with Crippen molar-refractivity contribution in [2.75, 3.05) is 0 Å². The minimum Gasteiger partial charge on any atom is -0.281 e. The van der Waals surface area contributed by atoms with Crippen LogP contribution in [0.2, 0.25) is 0 Å². The number of hydrogen-bond acceptors (Lipinski definition) is 2. The molecule has 94 valence electrons. The lowest BCUT2D eigenvalue weighted by Crippen LogP contribution is -2.04. The van der Waals surface area contributed by atoms with Crippen LogP contribution in [0.4, 0.5) is 0 Å². The summed E-state index contributed by atoms with van der Waals surface area (Å²) in [6.07, 6.45) is 0.352. The van der Waals surface area contributed by atoms with Gasteiger partial charge in [-0.1, -0.05) is 24.3 Å². The van der Waals surface area contributed by atoms with Gasteiger partial charge in [0.1, 0.15) is 0 Å². The zero-order valence-electron chi connectivity index (χ0n) is 10.4. The van der Waals surface area contributed by atoms with Gasteiger partial charge in [0.25, 0.3) is 0 Å². The number of aryl methyl sites for hydroxylation is 2. The number of halogens is 1. The van der Waals surface area contributed by atoms with Gasteiger partial charge >= 0.3 is 0 Å². The molecule has 1 nitrogen and oxygen atoms in total. The normalized spacial score (nSPS) is 12.4. The highest BCUT2D eigenvalue weighted by Gasteiger charge is 2.18. The van der Waals surface area contributed by atoms with Gasteiger partial charge in [-0.3, -0.25) is 4.79 Å². The van der Waals surface area contributed by atoms with Crippen molar-refractivity contribution in [2.24, 2.45) is 0 Å². The maximum Gasteiger partial charge on any atom is 0.222 e. The SMILES string of the molecule is Cc1ccc(C(CC(=O)Cl)c2cccs2)cc1C. The fraction of sp³-hybridized carbons (Fsp3) is 0.267. The van der Waals surface area contributed by atoms with E-state index in [1.165, 1.54) is 16.0 Å². The average Bonchev–Trinajstić information content (AvgIpc) is 2.83. The van der Waals surface area contributed by atoms with Gasteiger partial charge in [0, 0.05) is 17.2 Å². The average molecular weight is 279 g/mol. The molecule has 0 aliphatic rings. The van der Waals surface area contributed by atoms with Crippen LogP contribution >= 0.6 is 22.9 Å². The van der Waals surface area contributed by atoms with Crippen LogP contribution in [-0.4, -0.2) is 5.24 Å². The van der Waals surface area contributed by atoms with E-state index in [1.54, 1.807) is 11.3 Å². The first-order valence-electron chi connectivity index (χ1n) is 5.87. The lowest BCUT2D eigenvalue weighted by Gasteiger charge is -2.15. The van der Waals surface area contributed by atoms with E-state index in [0.717, 1.165) is 5.56 Å². The van der Waals surface area contributed by atoms with Gasteiger partial charge in [-0.2, -0.15) is 0 Å². The van der Waals surface area contributed by atoms with Gasteiger partial charge in [-0.05, 0) is 53.6 Å². The zero-order valence-corrected chi connectivity index (χ0v) is 12.0. The Balaban J connectivity index is 2.39. The van der Waals surface area contributed by atoms with Crippen molar-refractivity contribution in [1.29, 1.82) is 0 Å². The third-order valence-electron chi connectivity index (χ3n) is 3.18. The van der Waals surface area contributed by atoms with Crippen molar-refractivity contribution in [3.63, 3.8) is 0 Å². The summed E-state index contributed by atoms with van der Waals surface area (Å²) < 4.78 is 0. The van der Waals surface area contributed by atoms with E-state index < -0.39 is 0 Å². The molecular formula is C15H15ClOS. The smallest absolute Gasteiger partial charge is 0.222 e. The highest BCUT2D eigenvalue weighted by atomic mass is 35.5. The molecule has 0 fully saturated rings. The number of benzene rings is 1. The molecule has 0 spiro atoms. The Labute approximate surface area is 116 Å². The van der Waals surface area contributed by atoms with Crippen LogP contribution in [-0.2, 0) is 4.79 Å². The van der Waals surface area contributed by atoms with Gasteiger partial charge in [0.15, 0.2) is 0 Å². The standard InChI is InChI=1S/C15H15ClOS/c1-10-5-6-12(8-11(10)2)13(9-15(16)17)14-4-3-7-18-14/h3-8,13H,9H2,1-2H3. The third-order valence-corrected chi connectivity index (χ3v) is 4.32. The van der Waals surface area contributed by atoms with Crippen LogP contribution in [0, 0.1) is 13.8 Å². The van der Waals surface area contributed by atoms with E-state index in [9.17, 15) is 4.79 Å². The first-order chi connectivity index (χ1) is 8.58. The molecule has 0 radical (unpaired) electrons. The Morgan fingerprint density at radius 3 is 2.61 bits per heavy atom. The second-order valence-electron chi connectivity index (χ2n) is 4.47. The van der Waals surface area contributed by atoms with Gasteiger partial charge in [0.2, 0.25) is 5.24 Å². The van der Waals surface area contributed by atoms with E-state index in [0.29, 0.717) is 6.42 Å². The summed E-state index contributed by atoms with van der Waals surface area (Å²) in [5.74, 6) is 0.0781. The maximum atomic E-state index is 11.2. The minimum atomic E-state index is -0.286. The molecule has 0 saturated heterocycles. The highest BCUT2D eigenvalue weighted by Crippen LogP contribution is 2.32. The highest BCUT2D eigenvalue weighted by molar-refractivity contribution is 7.10. The van der Waals surface area contributed by atoms with Crippen molar-refractivity contribution in [1.82, 2.24) is 0 Å². The molecule has 2 rings (SSSR count). The lowest BCUT2D eigenvalue weighted by atomic mass is 9.92. The number of carbonyl (C=O) groups is 1. The summed E-state index contributed by atoms with van der Waals surface area (Å²) in [5, 5.41) is 1.74. The molecule has 1 heterocycles. The van der Waals surface area contributed by atoms with Crippen LogP contribution in [0.5, 0.6) is 0 Å².